The molecule has 1 fully saturated rings. The van der Waals surface area contributed by atoms with Gasteiger partial charge < -0.3 is 10.6 Å². The predicted octanol–water partition coefficient (Wildman–Crippen LogP) is 0.309. The molecule has 9 heteroatoms. The van der Waals surface area contributed by atoms with Gasteiger partial charge in [-0.3, -0.25) is 24.1 Å². The van der Waals surface area contributed by atoms with Crippen LogP contribution in [0.25, 0.3) is 0 Å². The van der Waals surface area contributed by atoms with Gasteiger partial charge in [-0.1, -0.05) is 11.6 Å². The lowest BCUT2D eigenvalue weighted by atomic mass is 9.97. The van der Waals surface area contributed by atoms with Crippen molar-refractivity contribution < 1.29 is 24.0 Å². The Morgan fingerprint density at radius 3 is 2.41 bits per heavy atom. The number of rotatable bonds is 8. The Hall–Kier alpha value is -2.71. The molecule has 1 saturated heterocycles. The van der Waals surface area contributed by atoms with Crippen LogP contribution in [0.2, 0.25) is 0 Å². The normalized spacial score (nSPS) is 17.4. The van der Waals surface area contributed by atoms with E-state index in [2.05, 4.69) is 16.7 Å². The molecular formula is C18H26N4O5. The number of amides is 6. The molecule has 0 unspecified atom stereocenters. The van der Waals surface area contributed by atoms with Crippen LogP contribution in [0.5, 0.6) is 0 Å². The van der Waals surface area contributed by atoms with Gasteiger partial charge >= 0.3 is 17.8 Å². The van der Waals surface area contributed by atoms with Crippen LogP contribution in [-0.2, 0) is 19.2 Å². The molecule has 6 amide bonds. The molecule has 0 atom stereocenters. The van der Waals surface area contributed by atoms with Crippen LogP contribution in [0.1, 0.15) is 46.0 Å². The summed E-state index contributed by atoms with van der Waals surface area (Å²) in [5.41, 5.74) is 1.18. The van der Waals surface area contributed by atoms with Crippen LogP contribution in [-0.4, -0.2) is 65.1 Å². The van der Waals surface area contributed by atoms with Crippen molar-refractivity contribution in [3.8, 4) is 0 Å². The van der Waals surface area contributed by atoms with Crippen molar-refractivity contribution in [3.05, 3.63) is 11.6 Å². The van der Waals surface area contributed by atoms with Crippen LogP contribution < -0.4 is 10.6 Å². The van der Waals surface area contributed by atoms with Crippen LogP contribution >= 0.6 is 0 Å². The molecule has 0 aromatic heterocycles. The lowest BCUT2D eigenvalue weighted by Crippen LogP contribution is -2.45. The zero-order valence-corrected chi connectivity index (χ0v) is 15.7. The van der Waals surface area contributed by atoms with Crippen LogP contribution in [0.15, 0.2) is 11.6 Å². The van der Waals surface area contributed by atoms with Crippen molar-refractivity contribution in [1.82, 2.24) is 20.4 Å². The van der Waals surface area contributed by atoms with E-state index in [9.17, 15) is 24.0 Å². The fraction of sp³-hybridized carbons (Fsp3) is 0.611. The third-order valence-electron chi connectivity index (χ3n) is 4.37. The topological polar surface area (TPSA) is 116 Å². The zero-order valence-electron chi connectivity index (χ0n) is 15.7. The van der Waals surface area contributed by atoms with Gasteiger partial charge in [0, 0.05) is 12.6 Å². The third kappa shape index (κ3) is 5.63. The second-order valence-electron chi connectivity index (χ2n) is 6.99. The first kappa shape index (κ1) is 20.6. The van der Waals surface area contributed by atoms with E-state index >= 15 is 0 Å². The summed E-state index contributed by atoms with van der Waals surface area (Å²) in [4.78, 5) is 61.4. The number of allylic oxidation sites excluding steroid dienone is 1. The maximum Gasteiger partial charge on any atom is 0.334 e. The number of carbonyl (C=O) groups excluding carboxylic acids is 5. The van der Waals surface area contributed by atoms with E-state index in [1.54, 1.807) is 13.8 Å². The highest BCUT2D eigenvalue weighted by Crippen LogP contribution is 2.21. The highest BCUT2D eigenvalue weighted by molar-refractivity contribution is 6.45. The molecule has 0 spiro atoms. The Bertz CT molecular complexity index is 671. The first-order valence-corrected chi connectivity index (χ1v) is 9.21. The predicted molar refractivity (Wildman–Crippen MR) is 96.3 cm³/mol. The summed E-state index contributed by atoms with van der Waals surface area (Å²) >= 11 is 0. The maximum atomic E-state index is 12.3. The maximum absolute atomic E-state index is 12.3. The fourth-order valence-electron chi connectivity index (χ4n) is 3.03. The standard InChI is InChI=1S/C18H26N4O5/c1-12(2)20-14(23)10-19-15(24)11-22-17(26)16(25)21(18(22)27)9-8-13-6-4-3-5-7-13/h6,12H,3-5,7-11H2,1-2H3,(H,19,24)(H,20,23). The van der Waals surface area contributed by atoms with Gasteiger partial charge in [-0.15, -0.1) is 0 Å². The van der Waals surface area contributed by atoms with E-state index in [0.717, 1.165) is 30.6 Å². The van der Waals surface area contributed by atoms with Gasteiger partial charge in [0.2, 0.25) is 11.8 Å². The van der Waals surface area contributed by atoms with E-state index in [1.807, 2.05) is 0 Å². The Morgan fingerprint density at radius 1 is 1.07 bits per heavy atom. The Balaban J connectivity index is 1.86. The van der Waals surface area contributed by atoms with E-state index < -0.39 is 30.3 Å². The quantitative estimate of drug-likeness (QED) is 0.358. The second kappa shape index (κ2) is 9.29. The summed E-state index contributed by atoms with van der Waals surface area (Å²) in [6, 6.07) is -0.857. The van der Waals surface area contributed by atoms with Gasteiger partial charge in [0.15, 0.2) is 0 Å². The average molecular weight is 378 g/mol. The number of nitrogens with one attached hydrogen (secondary N) is 2. The molecule has 9 nitrogen and oxygen atoms in total. The summed E-state index contributed by atoms with van der Waals surface area (Å²) in [5, 5.41) is 4.94. The van der Waals surface area contributed by atoms with Crippen molar-refractivity contribution in [2.24, 2.45) is 0 Å². The van der Waals surface area contributed by atoms with Crippen molar-refractivity contribution in [2.75, 3.05) is 19.6 Å². The first-order chi connectivity index (χ1) is 12.8. The van der Waals surface area contributed by atoms with Gasteiger partial charge in [0.05, 0.1) is 6.54 Å². The summed E-state index contributed by atoms with van der Waals surface area (Å²) in [7, 11) is 0. The minimum atomic E-state index is -1.01. The van der Waals surface area contributed by atoms with Gasteiger partial charge in [0.25, 0.3) is 0 Å². The van der Waals surface area contributed by atoms with E-state index in [0.29, 0.717) is 11.3 Å². The number of hydrogen-bond acceptors (Lipinski definition) is 5. The van der Waals surface area contributed by atoms with Crippen LogP contribution in [0, 0.1) is 0 Å². The lowest BCUT2D eigenvalue weighted by Gasteiger charge is -2.17. The minimum Gasteiger partial charge on any atom is -0.352 e. The largest absolute Gasteiger partial charge is 0.352 e. The van der Waals surface area contributed by atoms with Gasteiger partial charge in [-0.2, -0.15) is 0 Å². The molecule has 2 N–H and O–H groups in total. The fourth-order valence-corrected chi connectivity index (χ4v) is 3.03. The molecule has 0 aromatic rings. The Labute approximate surface area is 158 Å². The monoisotopic (exact) mass is 378 g/mol. The molecule has 0 radical (unpaired) electrons. The van der Waals surface area contributed by atoms with Crippen molar-refractivity contribution in [3.63, 3.8) is 0 Å². The van der Waals surface area contributed by atoms with Crippen LogP contribution in [0.4, 0.5) is 4.79 Å². The molecule has 1 heterocycles. The number of imide groups is 2. The van der Waals surface area contributed by atoms with E-state index in [1.165, 1.54) is 5.57 Å². The molecule has 0 aromatic carbocycles. The number of carbonyl (C=O) groups is 5. The Morgan fingerprint density at radius 2 is 1.78 bits per heavy atom. The van der Waals surface area contributed by atoms with Gasteiger partial charge in [0.1, 0.15) is 6.54 Å². The van der Waals surface area contributed by atoms with E-state index in [-0.39, 0.29) is 25.0 Å². The molecule has 2 aliphatic rings. The van der Waals surface area contributed by atoms with Gasteiger partial charge in [-0.25, -0.2) is 9.69 Å². The smallest absolute Gasteiger partial charge is 0.334 e. The zero-order chi connectivity index (χ0) is 20.0. The third-order valence-corrected chi connectivity index (χ3v) is 4.37. The molecule has 2 rings (SSSR count). The van der Waals surface area contributed by atoms with E-state index in [4.69, 9.17) is 0 Å². The summed E-state index contributed by atoms with van der Waals surface area (Å²) in [6.07, 6.45) is 6.82. The molecule has 0 saturated carbocycles. The number of nitrogens with zero attached hydrogens (tertiary/aromatic N) is 2. The number of hydrogen-bond donors (Lipinski definition) is 2. The summed E-state index contributed by atoms with van der Waals surface area (Å²) < 4.78 is 0. The van der Waals surface area contributed by atoms with Crippen molar-refractivity contribution in [2.45, 2.75) is 52.0 Å². The number of urea groups is 1. The molecule has 148 valence electrons. The van der Waals surface area contributed by atoms with Crippen molar-refractivity contribution >= 4 is 29.7 Å². The van der Waals surface area contributed by atoms with Crippen molar-refractivity contribution in [1.29, 1.82) is 0 Å². The minimum absolute atomic E-state index is 0.0680. The molecular weight excluding hydrogens is 352 g/mol. The van der Waals surface area contributed by atoms with Gasteiger partial charge in [-0.05, 0) is 46.0 Å². The molecule has 1 aliphatic heterocycles. The Kier molecular flexibility index (Phi) is 7.09. The second-order valence-corrected chi connectivity index (χ2v) is 6.99. The highest BCUT2D eigenvalue weighted by atomic mass is 16.2. The highest BCUT2D eigenvalue weighted by Gasteiger charge is 2.44. The SMILES string of the molecule is CC(C)NC(=O)CNC(=O)CN1C(=O)C(=O)N(CCC2=CCCCC2)C1=O. The molecule has 27 heavy (non-hydrogen) atoms. The van der Waals surface area contributed by atoms with Crippen LogP contribution in [0.3, 0.4) is 0 Å². The summed E-state index contributed by atoms with van der Waals surface area (Å²) in [5.74, 6) is -2.99. The first-order valence-electron chi connectivity index (χ1n) is 9.21. The molecule has 1 aliphatic carbocycles. The average Bonchev–Trinajstić information content (AvgIpc) is 2.82. The summed E-state index contributed by atoms with van der Waals surface area (Å²) in [6.45, 7) is 2.84. The molecule has 0 bridgehead atoms. The lowest BCUT2D eigenvalue weighted by molar-refractivity contribution is -0.144.